The van der Waals surface area contributed by atoms with Gasteiger partial charge in [-0.1, -0.05) is 41.0 Å². The average molecular weight is 283 g/mol. The van der Waals surface area contributed by atoms with Crippen molar-refractivity contribution in [3.05, 3.63) is 0 Å². The Kier molecular flexibility index (Phi) is 7.00. The molecule has 0 saturated heterocycles. The molecule has 0 amide bonds. The Morgan fingerprint density at radius 1 is 1.10 bits per heavy atom. The maximum absolute atomic E-state index is 3.71. The fraction of sp³-hybridized carbons (Fsp3) is 1.00. The van der Waals surface area contributed by atoms with E-state index in [1.54, 1.807) is 0 Å². The molecule has 0 spiro atoms. The number of hydrogen-bond acceptors (Lipinski definition) is 2. The van der Waals surface area contributed by atoms with Gasteiger partial charge in [0, 0.05) is 11.6 Å². The molecule has 0 aromatic rings. The molecule has 2 heteroatoms. The first kappa shape index (κ1) is 18.0. The Morgan fingerprint density at radius 3 is 2.10 bits per heavy atom. The highest BCUT2D eigenvalue weighted by molar-refractivity contribution is 5.00. The molecule has 1 aliphatic rings. The summed E-state index contributed by atoms with van der Waals surface area (Å²) in [7, 11) is 2.17. The molecular formula is C18H38N2. The van der Waals surface area contributed by atoms with Crippen LogP contribution in [-0.2, 0) is 0 Å². The fourth-order valence-corrected chi connectivity index (χ4v) is 4.53. The van der Waals surface area contributed by atoms with Gasteiger partial charge in [0.15, 0.2) is 0 Å². The molecule has 1 fully saturated rings. The molecule has 0 radical (unpaired) electrons. The van der Waals surface area contributed by atoms with Crippen LogP contribution in [0.4, 0.5) is 0 Å². The molecule has 120 valence electrons. The number of nitrogens with one attached hydrogen (secondary N) is 1. The van der Waals surface area contributed by atoms with Crippen molar-refractivity contribution in [2.45, 2.75) is 78.8 Å². The quantitative estimate of drug-likeness (QED) is 0.754. The third-order valence-corrected chi connectivity index (χ3v) is 6.29. The van der Waals surface area contributed by atoms with E-state index in [-0.39, 0.29) is 5.54 Å². The summed E-state index contributed by atoms with van der Waals surface area (Å²) in [5.74, 6) is 2.62. The third-order valence-electron chi connectivity index (χ3n) is 6.29. The number of rotatable bonds is 7. The predicted molar refractivity (Wildman–Crippen MR) is 90.1 cm³/mol. The molecule has 0 aromatic carbocycles. The van der Waals surface area contributed by atoms with Crippen molar-refractivity contribution in [1.29, 1.82) is 0 Å². The highest BCUT2D eigenvalue weighted by Crippen LogP contribution is 2.39. The molecule has 1 saturated carbocycles. The van der Waals surface area contributed by atoms with Crippen LogP contribution in [0.5, 0.6) is 0 Å². The molecule has 5 unspecified atom stereocenters. The first-order chi connectivity index (χ1) is 9.44. The Balaban J connectivity index is 2.91. The first-order valence-corrected chi connectivity index (χ1v) is 8.86. The SMILES string of the molecule is CCN(CC)C(C)(CC)C(NC)C1CCC(C)C(C)C1. The van der Waals surface area contributed by atoms with Crippen LogP contribution in [0.25, 0.3) is 0 Å². The minimum Gasteiger partial charge on any atom is -0.315 e. The lowest BCUT2D eigenvalue weighted by atomic mass is 9.68. The van der Waals surface area contributed by atoms with Crippen LogP contribution >= 0.6 is 0 Å². The summed E-state index contributed by atoms with van der Waals surface area (Å²) in [6.45, 7) is 16.6. The zero-order valence-corrected chi connectivity index (χ0v) is 15.0. The van der Waals surface area contributed by atoms with Crippen molar-refractivity contribution >= 4 is 0 Å². The van der Waals surface area contributed by atoms with E-state index in [1.165, 1.54) is 25.7 Å². The summed E-state index contributed by atoms with van der Waals surface area (Å²) in [6.07, 6.45) is 5.42. The van der Waals surface area contributed by atoms with Gasteiger partial charge in [0.05, 0.1) is 0 Å². The lowest BCUT2D eigenvalue weighted by Crippen LogP contribution is -2.61. The Hall–Kier alpha value is -0.0800. The summed E-state index contributed by atoms with van der Waals surface area (Å²) >= 11 is 0. The normalized spacial score (nSPS) is 32.1. The molecule has 1 rings (SSSR count). The summed E-state index contributed by atoms with van der Waals surface area (Å²) in [4.78, 5) is 2.66. The van der Waals surface area contributed by atoms with E-state index >= 15 is 0 Å². The molecule has 0 aliphatic heterocycles. The van der Waals surface area contributed by atoms with Crippen LogP contribution in [0.3, 0.4) is 0 Å². The third kappa shape index (κ3) is 3.57. The monoisotopic (exact) mass is 282 g/mol. The molecule has 1 N–H and O–H groups in total. The van der Waals surface area contributed by atoms with Crippen LogP contribution in [0.15, 0.2) is 0 Å². The van der Waals surface area contributed by atoms with Crippen molar-refractivity contribution in [3.63, 3.8) is 0 Å². The zero-order valence-electron chi connectivity index (χ0n) is 15.0. The van der Waals surface area contributed by atoms with Gasteiger partial charge in [-0.2, -0.15) is 0 Å². The number of likely N-dealkylation sites (N-methyl/N-ethyl adjacent to an activating group) is 2. The Morgan fingerprint density at radius 2 is 1.70 bits per heavy atom. The van der Waals surface area contributed by atoms with Crippen molar-refractivity contribution in [1.82, 2.24) is 10.2 Å². The lowest BCUT2D eigenvalue weighted by molar-refractivity contribution is 0.0282. The minimum absolute atomic E-state index is 0.281. The summed E-state index contributed by atoms with van der Waals surface area (Å²) in [6, 6.07) is 0.613. The fourth-order valence-electron chi connectivity index (χ4n) is 4.53. The lowest BCUT2D eigenvalue weighted by Gasteiger charge is -2.50. The maximum atomic E-state index is 3.71. The molecule has 1 aliphatic carbocycles. The molecule has 0 bridgehead atoms. The zero-order chi connectivity index (χ0) is 15.3. The van der Waals surface area contributed by atoms with E-state index in [0.717, 1.165) is 30.8 Å². The highest BCUT2D eigenvalue weighted by Gasteiger charge is 2.42. The van der Waals surface area contributed by atoms with E-state index in [1.807, 2.05) is 0 Å². The number of hydrogen-bond donors (Lipinski definition) is 1. The van der Waals surface area contributed by atoms with Gasteiger partial charge >= 0.3 is 0 Å². The minimum atomic E-state index is 0.281. The van der Waals surface area contributed by atoms with E-state index < -0.39 is 0 Å². The summed E-state index contributed by atoms with van der Waals surface area (Å²) < 4.78 is 0. The van der Waals surface area contributed by atoms with E-state index in [0.29, 0.717) is 6.04 Å². The second-order valence-corrected chi connectivity index (χ2v) is 7.18. The topological polar surface area (TPSA) is 15.3 Å². The van der Waals surface area contributed by atoms with E-state index in [4.69, 9.17) is 0 Å². The Labute approximate surface area is 127 Å². The van der Waals surface area contributed by atoms with Gasteiger partial charge in [0.2, 0.25) is 0 Å². The molecule has 5 atom stereocenters. The van der Waals surface area contributed by atoms with Gasteiger partial charge in [-0.3, -0.25) is 4.90 Å². The van der Waals surface area contributed by atoms with Gasteiger partial charge in [-0.05, 0) is 64.1 Å². The van der Waals surface area contributed by atoms with Gasteiger partial charge in [-0.25, -0.2) is 0 Å². The van der Waals surface area contributed by atoms with Gasteiger partial charge in [-0.15, -0.1) is 0 Å². The van der Waals surface area contributed by atoms with Gasteiger partial charge in [0.1, 0.15) is 0 Å². The molecular weight excluding hydrogens is 244 g/mol. The Bertz CT molecular complexity index is 275. The molecule has 20 heavy (non-hydrogen) atoms. The highest BCUT2D eigenvalue weighted by atomic mass is 15.2. The van der Waals surface area contributed by atoms with Crippen molar-refractivity contribution in [3.8, 4) is 0 Å². The molecule has 0 heterocycles. The smallest absolute Gasteiger partial charge is 0.0334 e. The van der Waals surface area contributed by atoms with E-state index in [9.17, 15) is 0 Å². The first-order valence-electron chi connectivity index (χ1n) is 8.86. The number of nitrogens with zero attached hydrogens (tertiary/aromatic N) is 1. The van der Waals surface area contributed by atoms with Gasteiger partial charge in [0.25, 0.3) is 0 Å². The van der Waals surface area contributed by atoms with Crippen molar-refractivity contribution in [2.24, 2.45) is 17.8 Å². The summed E-state index contributed by atoms with van der Waals surface area (Å²) in [5.41, 5.74) is 0.281. The van der Waals surface area contributed by atoms with Crippen LogP contribution in [0, 0.1) is 17.8 Å². The molecule has 0 aromatic heterocycles. The standard InChI is InChI=1S/C18H38N2/c1-8-18(6,20(9-2)10-3)17(19-7)16-12-11-14(4)15(5)13-16/h14-17,19H,8-13H2,1-7H3. The van der Waals surface area contributed by atoms with Crippen molar-refractivity contribution in [2.75, 3.05) is 20.1 Å². The summed E-state index contributed by atoms with van der Waals surface area (Å²) in [5, 5.41) is 3.71. The average Bonchev–Trinajstić information content (AvgIpc) is 2.44. The van der Waals surface area contributed by atoms with E-state index in [2.05, 4.69) is 58.8 Å². The molecule has 2 nitrogen and oxygen atoms in total. The van der Waals surface area contributed by atoms with Crippen molar-refractivity contribution < 1.29 is 0 Å². The predicted octanol–water partition coefficient (Wildman–Crippen LogP) is 4.16. The van der Waals surface area contributed by atoms with Crippen LogP contribution in [-0.4, -0.2) is 36.6 Å². The van der Waals surface area contributed by atoms with Crippen LogP contribution < -0.4 is 5.32 Å². The van der Waals surface area contributed by atoms with Crippen LogP contribution in [0.1, 0.15) is 67.2 Å². The largest absolute Gasteiger partial charge is 0.315 e. The van der Waals surface area contributed by atoms with Crippen LogP contribution in [0.2, 0.25) is 0 Å². The second-order valence-electron chi connectivity index (χ2n) is 7.18. The van der Waals surface area contributed by atoms with Gasteiger partial charge < -0.3 is 5.32 Å². The second kappa shape index (κ2) is 7.79. The maximum Gasteiger partial charge on any atom is 0.0334 e.